The number of hydrogen-bond donors (Lipinski definition) is 0. The lowest BCUT2D eigenvalue weighted by molar-refractivity contribution is 0.670. The molecule has 214 valence electrons. The first-order valence-corrected chi connectivity index (χ1v) is 15.5. The van der Waals surface area contributed by atoms with E-state index in [1.165, 1.54) is 10.8 Å². The summed E-state index contributed by atoms with van der Waals surface area (Å²) in [6.45, 7) is 0. The summed E-state index contributed by atoms with van der Waals surface area (Å²) in [6, 6.07) is 53.0. The van der Waals surface area contributed by atoms with Crippen LogP contribution in [-0.2, 0) is 0 Å². The van der Waals surface area contributed by atoms with Gasteiger partial charge in [-0.1, -0.05) is 127 Å². The van der Waals surface area contributed by atoms with E-state index in [4.69, 9.17) is 14.4 Å². The Morgan fingerprint density at radius 1 is 0.478 bits per heavy atom. The van der Waals surface area contributed by atoms with Gasteiger partial charge in [-0.25, -0.2) is 9.97 Å². The van der Waals surface area contributed by atoms with Crippen molar-refractivity contribution in [2.45, 2.75) is 0 Å². The topological polar surface area (TPSA) is 43.9 Å². The summed E-state index contributed by atoms with van der Waals surface area (Å²) in [4.78, 5) is 10.6. The van der Waals surface area contributed by atoms with E-state index < -0.39 is 0 Å². The Kier molecular flexibility index (Phi) is 5.25. The Bertz CT molecular complexity index is 2810. The first kappa shape index (κ1) is 25.1. The summed E-state index contributed by atoms with van der Waals surface area (Å²) in [6.07, 6.45) is 0. The van der Waals surface area contributed by atoms with Gasteiger partial charge in [0.1, 0.15) is 11.2 Å². The highest BCUT2D eigenvalue weighted by Crippen LogP contribution is 2.43. The Labute approximate surface area is 263 Å². The number of hydrogen-bond acceptors (Lipinski definition) is 3. The van der Waals surface area contributed by atoms with Crippen LogP contribution in [0.5, 0.6) is 0 Å². The monoisotopic (exact) mass is 587 g/mol. The fourth-order valence-corrected chi connectivity index (χ4v) is 7.12. The van der Waals surface area contributed by atoms with Gasteiger partial charge in [-0.2, -0.15) is 0 Å². The maximum atomic E-state index is 6.56. The summed E-state index contributed by atoms with van der Waals surface area (Å²) < 4.78 is 8.82. The van der Waals surface area contributed by atoms with Crippen molar-refractivity contribution in [1.82, 2.24) is 14.5 Å². The van der Waals surface area contributed by atoms with Crippen LogP contribution in [0.3, 0.4) is 0 Å². The lowest BCUT2D eigenvalue weighted by Crippen LogP contribution is -2.04. The van der Waals surface area contributed by atoms with Crippen molar-refractivity contribution in [2.24, 2.45) is 0 Å². The average Bonchev–Trinajstić information content (AvgIpc) is 3.66. The van der Waals surface area contributed by atoms with Crippen LogP contribution in [-0.4, -0.2) is 14.5 Å². The molecule has 10 aromatic rings. The molecule has 0 aliphatic heterocycles. The van der Waals surface area contributed by atoms with Crippen LogP contribution in [0, 0.1) is 0 Å². The van der Waals surface area contributed by atoms with Gasteiger partial charge in [0, 0.05) is 43.6 Å². The van der Waals surface area contributed by atoms with Gasteiger partial charge in [0.25, 0.3) is 0 Å². The van der Waals surface area contributed by atoms with Crippen LogP contribution >= 0.6 is 0 Å². The van der Waals surface area contributed by atoms with E-state index in [2.05, 4.69) is 132 Å². The van der Waals surface area contributed by atoms with Gasteiger partial charge in [0.05, 0.1) is 22.2 Å². The summed E-state index contributed by atoms with van der Waals surface area (Å²) in [5.74, 6) is 0.636. The molecule has 46 heavy (non-hydrogen) atoms. The van der Waals surface area contributed by atoms with Crippen molar-refractivity contribution in [3.05, 3.63) is 152 Å². The van der Waals surface area contributed by atoms with Crippen molar-refractivity contribution in [2.75, 3.05) is 0 Å². The quantitative estimate of drug-likeness (QED) is 0.207. The molecule has 0 aliphatic carbocycles. The van der Waals surface area contributed by atoms with Crippen molar-refractivity contribution in [3.8, 4) is 28.3 Å². The fourth-order valence-electron chi connectivity index (χ4n) is 7.12. The lowest BCUT2D eigenvalue weighted by atomic mass is 9.99. The predicted molar refractivity (Wildman–Crippen MR) is 190 cm³/mol. The standard InChI is InChI=1S/C42H25N3O/c1-2-12-26(13-3-1)39-34-17-6-8-22-36(34)43-42(44-39)45-37-25-28-15-5-4-14-27(28)24-35(37)31-19-10-18-30(40(31)45)33-21-11-20-32-29-16-7-9-23-38(29)46-41(32)33/h1-25H. The van der Waals surface area contributed by atoms with E-state index in [1.54, 1.807) is 0 Å². The van der Waals surface area contributed by atoms with Crippen LogP contribution in [0.4, 0.5) is 0 Å². The molecule has 7 aromatic carbocycles. The minimum absolute atomic E-state index is 0.636. The van der Waals surface area contributed by atoms with E-state index in [9.17, 15) is 0 Å². The molecule has 0 bridgehead atoms. The molecule has 3 heterocycles. The molecule has 0 aliphatic rings. The Balaban J connectivity index is 1.38. The Morgan fingerprint density at radius 2 is 1.15 bits per heavy atom. The van der Waals surface area contributed by atoms with Gasteiger partial charge in [0.15, 0.2) is 0 Å². The van der Waals surface area contributed by atoms with Crippen molar-refractivity contribution >= 4 is 65.4 Å². The molecule has 4 nitrogen and oxygen atoms in total. The molecule has 0 unspecified atom stereocenters. The van der Waals surface area contributed by atoms with Gasteiger partial charge in [-0.3, -0.25) is 4.57 Å². The highest BCUT2D eigenvalue weighted by atomic mass is 16.3. The third kappa shape index (κ3) is 3.61. The first-order chi connectivity index (χ1) is 22.8. The molecule has 0 saturated heterocycles. The van der Waals surface area contributed by atoms with Crippen LogP contribution in [0.2, 0.25) is 0 Å². The number of fused-ring (bicyclic) bond motifs is 8. The second-order valence-corrected chi connectivity index (χ2v) is 11.8. The average molecular weight is 588 g/mol. The van der Waals surface area contributed by atoms with E-state index in [0.29, 0.717) is 5.95 Å². The summed E-state index contributed by atoms with van der Waals surface area (Å²) in [5, 5.41) is 7.91. The molecule has 0 spiro atoms. The second kappa shape index (κ2) is 9.62. The van der Waals surface area contributed by atoms with E-state index in [1.807, 2.05) is 24.3 Å². The molecular formula is C42H25N3O. The van der Waals surface area contributed by atoms with E-state index in [0.717, 1.165) is 77.0 Å². The third-order valence-electron chi connectivity index (χ3n) is 9.19. The Morgan fingerprint density at radius 3 is 2.02 bits per heavy atom. The number of aromatic nitrogens is 3. The van der Waals surface area contributed by atoms with Crippen LogP contribution in [0.25, 0.3) is 93.8 Å². The highest BCUT2D eigenvalue weighted by molar-refractivity contribution is 6.19. The van der Waals surface area contributed by atoms with Gasteiger partial charge >= 0.3 is 0 Å². The molecule has 0 radical (unpaired) electrons. The van der Waals surface area contributed by atoms with E-state index in [-0.39, 0.29) is 0 Å². The molecule has 0 N–H and O–H groups in total. The van der Waals surface area contributed by atoms with Crippen molar-refractivity contribution in [3.63, 3.8) is 0 Å². The zero-order chi connectivity index (χ0) is 30.2. The summed E-state index contributed by atoms with van der Waals surface area (Å²) in [5.41, 5.74) is 8.85. The number of furan rings is 1. The summed E-state index contributed by atoms with van der Waals surface area (Å²) in [7, 11) is 0. The van der Waals surface area contributed by atoms with E-state index >= 15 is 0 Å². The lowest BCUT2D eigenvalue weighted by Gasteiger charge is -2.14. The van der Waals surface area contributed by atoms with Gasteiger partial charge in [-0.15, -0.1) is 0 Å². The Hall–Kier alpha value is -6.26. The van der Waals surface area contributed by atoms with Gasteiger partial charge in [-0.05, 0) is 35.0 Å². The largest absolute Gasteiger partial charge is 0.455 e. The zero-order valence-electron chi connectivity index (χ0n) is 24.7. The number of benzene rings is 7. The zero-order valence-corrected chi connectivity index (χ0v) is 24.7. The molecule has 10 rings (SSSR count). The highest BCUT2D eigenvalue weighted by Gasteiger charge is 2.22. The predicted octanol–water partition coefficient (Wildman–Crippen LogP) is 11.1. The SMILES string of the molecule is c1ccc(-c2nc(-n3c4cc5ccccc5cc4c4cccc(-c5cccc6c5oc5ccccc56)c43)nc3ccccc23)cc1. The van der Waals surface area contributed by atoms with Crippen LogP contribution < -0.4 is 0 Å². The molecule has 0 amide bonds. The van der Waals surface area contributed by atoms with Crippen molar-refractivity contribution < 1.29 is 4.42 Å². The third-order valence-corrected chi connectivity index (χ3v) is 9.19. The smallest absolute Gasteiger partial charge is 0.235 e. The molecule has 0 fully saturated rings. The normalized spacial score (nSPS) is 11.9. The minimum atomic E-state index is 0.636. The first-order valence-electron chi connectivity index (χ1n) is 15.5. The molecule has 0 saturated carbocycles. The van der Waals surface area contributed by atoms with Gasteiger partial charge < -0.3 is 4.42 Å². The molecule has 0 atom stereocenters. The summed E-state index contributed by atoms with van der Waals surface area (Å²) >= 11 is 0. The maximum absolute atomic E-state index is 6.56. The van der Waals surface area contributed by atoms with Crippen LogP contribution in [0.15, 0.2) is 156 Å². The number of rotatable bonds is 3. The van der Waals surface area contributed by atoms with Gasteiger partial charge in [0.2, 0.25) is 5.95 Å². The maximum Gasteiger partial charge on any atom is 0.235 e. The van der Waals surface area contributed by atoms with Crippen molar-refractivity contribution in [1.29, 1.82) is 0 Å². The molecule has 3 aromatic heterocycles. The number of para-hydroxylation sites is 4. The van der Waals surface area contributed by atoms with Crippen LogP contribution in [0.1, 0.15) is 0 Å². The number of nitrogens with zero attached hydrogens (tertiary/aromatic N) is 3. The molecular weight excluding hydrogens is 562 g/mol. The second-order valence-electron chi connectivity index (χ2n) is 11.8. The molecule has 4 heteroatoms. The minimum Gasteiger partial charge on any atom is -0.455 e. The fraction of sp³-hybridized carbons (Fsp3) is 0.